The molecule has 1 unspecified atom stereocenters. The van der Waals surface area contributed by atoms with Crippen LogP contribution in [0.15, 0.2) is 24.3 Å². The molecule has 0 saturated carbocycles. The molecule has 0 aliphatic carbocycles. The van der Waals surface area contributed by atoms with E-state index in [1.165, 1.54) is 0 Å². The molecule has 106 valence electrons. The highest BCUT2D eigenvalue weighted by Crippen LogP contribution is 2.12. The highest BCUT2D eigenvalue weighted by Gasteiger charge is 2.20. The Kier molecular flexibility index (Phi) is 6.53. The highest BCUT2D eigenvalue weighted by atomic mass is 16.5. The van der Waals surface area contributed by atoms with E-state index < -0.39 is 12.1 Å². The van der Waals surface area contributed by atoms with Crippen LogP contribution in [0, 0.1) is 0 Å². The van der Waals surface area contributed by atoms with Crippen LogP contribution in [0.1, 0.15) is 31.4 Å². The fraction of sp³-hybridized carbons (Fsp3) is 0.533. The Morgan fingerprint density at radius 1 is 1.26 bits per heavy atom. The SMILES string of the molecule is CCC(C)O[C@@H](Cc1ccc(CCO)cc1)C(=O)O. The maximum absolute atomic E-state index is 11.2. The largest absolute Gasteiger partial charge is 0.479 e. The lowest BCUT2D eigenvalue weighted by Crippen LogP contribution is -2.30. The topological polar surface area (TPSA) is 66.8 Å². The molecule has 0 fully saturated rings. The van der Waals surface area contributed by atoms with Crippen LogP contribution in [0.4, 0.5) is 0 Å². The third kappa shape index (κ3) is 5.41. The van der Waals surface area contributed by atoms with Crippen LogP contribution in [-0.2, 0) is 22.4 Å². The molecule has 0 bridgehead atoms. The second-order valence-corrected chi connectivity index (χ2v) is 4.68. The molecular formula is C15H22O4. The lowest BCUT2D eigenvalue weighted by Gasteiger charge is -2.18. The van der Waals surface area contributed by atoms with Crippen molar-refractivity contribution in [2.75, 3.05) is 6.61 Å². The molecule has 1 rings (SSSR count). The Labute approximate surface area is 114 Å². The summed E-state index contributed by atoms with van der Waals surface area (Å²) in [6.07, 6.45) is 0.901. The Morgan fingerprint density at radius 3 is 2.32 bits per heavy atom. The first kappa shape index (κ1) is 15.7. The molecule has 0 aliphatic rings. The zero-order chi connectivity index (χ0) is 14.3. The molecule has 0 spiro atoms. The third-order valence-corrected chi connectivity index (χ3v) is 3.09. The summed E-state index contributed by atoms with van der Waals surface area (Å²) in [5, 5.41) is 18.0. The van der Waals surface area contributed by atoms with E-state index in [2.05, 4.69) is 0 Å². The molecule has 0 aliphatic heterocycles. The molecular weight excluding hydrogens is 244 g/mol. The number of rotatable bonds is 8. The van der Waals surface area contributed by atoms with Gasteiger partial charge < -0.3 is 14.9 Å². The minimum atomic E-state index is -0.931. The molecule has 0 saturated heterocycles. The van der Waals surface area contributed by atoms with Gasteiger partial charge in [0.15, 0.2) is 6.10 Å². The van der Waals surface area contributed by atoms with E-state index in [-0.39, 0.29) is 12.7 Å². The van der Waals surface area contributed by atoms with Crippen molar-refractivity contribution in [3.63, 3.8) is 0 Å². The Hall–Kier alpha value is -1.39. The van der Waals surface area contributed by atoms with Gasteiger partial charge in [-0.1, -0.05) is 31.2 Å². The van der Waals surface area contributed by atoms with Gasteiger partial charge in [-0.3, -0.25) is 0 Å². The van der Waals surface area contributed by atoms with Gasteiger partial charge in [0.25, 0.3) is 0 Å². The predicted octanol–water partition coefficient (Wildman–Crippen LogP) is 2.03. The van der Waals surface area contributed by atoms with Gasteiger partial charge in [-0.2, -0.15) is 0 Å². The van der Waals surface area contributed by atoms with Crippen molar-refractivity contribution in [3.8, 4) is 0 Å². The Bertz CT molecular complexity index is 386. The van der Waals surface area contributed by atoms with Crippen LogP contribution in [0.25, 0.3) is 0 Å². The van der Waals surface area contributed by atoms with Crippen molar-refractivity contribution in [2.45, 2.75) is 45.3 Å². The van der Waals surface area contributed by atoms with Crippen molar-refractivity contribution in [3.05, 3.63) is 35.4 Å². The minimum Gasteiger partial charge on any atom is -0.479 e. The van der Waals surface area contributed by atoms with E-state index >= 15 is 0 Å². The summed E-state index contributed by atoms with van der Waals surface area (Å²) in [5.41, 5.74) is 1.97. The van der Waals surface area contributed by atoms with Crippen molar-refractivity contribution < 1.29 is 19.7 Å². The average Bonchev–Trinajstić information content (AvgIpc) is 2.40. The molecule has 2 atom stereocenters. The molecule has 2 N–H and O–H groups in total. The number of hydrogen-bond acceptors (Lipinski definition) is 3. The highest BCUT2D eigenvalue weighted by molar-refractivity contribution is 5.72. The van der Waals surface area contributed by atoms with E-state index in [0.29, 0.717) is 12.8 Å². The van der Waals surface area contributed by atoms with Crippen LogP contribution in [0.5, 0.6) is 0 Å². The normalized spacial score (nSPS) is 14.1. The first-order valence-corrected chi connectivity index (χ1v) is 6.63. The fourth-order valence-corrected chi connectivity index (χ4v) is 1.76. The second kappa shape index (κ2) is 7.92. The number of carboxylic acids is 1. The molecule has 0 heterocycles. The van der Waals surface area contributed by atoms with Gasteiger partial charge in [0, 0.05) is 13.0 Å². The van der Waals surface area contributed by atoms with Crippen molar-refractivity contribution >= 4 is 5.97 Å². The van der Waals surface area contributed by atoms with E-state index in [1.54, 1.807) is 0 Å². The molecule has 4 nitrogen and oxygen atoms in total. The van der Waals surface area contributed by atoms with Crippen molar-refractivity contribution in [2.24, 2.45) is 0 Å². The third-order valence-electron chi connectivity index (χ3n) is 3.09. The quantitative estimate of drug-likeness (QED) is 0.755. The van der Waals surface area contributed by atoms with E-state index in [4.69, 9.17) is 14.9 Å². The fourth-order valence-electron chi connectivity index (χ4n) is 1.76. The number of carboxylic acid groups (broad SMARTS) is 1. The van der Waals surface area contributed by atoms with Crippen LogP contribution in [0.2, 0.25) is 0 Å². The second-order valence-electron chi connectivity index (χ2n) is 4.68. The van der Waals surface area contributed by atoms with Crippen LogP contribution >= 0.6 is 0 Å². The number of carbonyl (C=O) groups is 1. The van der Waals surface area contributed by atoms with E-state index in [0.717, 1.165) is 17.5 Å². The molecule has 0 amide bonds. The summed E-state index contributed by atoms with van der Waals surface area (Å²) in [4.78, 5) is 11.2. The molecule has 4 heteroatoms. The summed E-state index contributed by atoms with van der Waals surface area (Å²) in [6, 6.07) is 7.60. The molecule has 1 aromatic rings. The number of aliphatic carboxylic acids is 1. The Balaban J connectivity index is 2.65. The number of aliphatic hydroxyl groups is 1. The van der Waals surface area contributed by atoms with Crippen LogP contribution < -0.4 is 0 Å². The number of hydrogen-bond donors (Lipinski definition) is 2. The molecule has 19 heavy (non-hydrogen) atoms. The first-order valence-electron chi connectivity index (χ1n) is 6.63. The van der Waals surface area contributed by atoms with E-state index in [1.807, 2.05) is 38.1 Å². The summed E-state index contributed by atoms with van der Waals surface area (Å²) in [5.74, 6) is -0.931. The van der Waals surface area contributed by atoms with Crippen molar-refractivity contribution in [1.29, 1.82) is 0 Å². The van der Waals surface area contributed by atoms with Gasteiger partial charge in [-0.25, -0.2) is 4.79 Å². The summed E-state index contributed by atoms with van der Waals surface area (Å²) in [7, 11) is 0. The van der Waals surface area contributed by atoms with Crippen LogP contribution in [0.3, 0.4) is 0 Å². The predicted molar refractivity (Wildman–Crippen MR) is 73.2 cm³/mol. The first-order chi connectivity index (χ1) is 9.06. The summed E-state index contributed by atoms with van der Waals surface area (Å²) >= 11 is 0. The smallest absolute Gasteiger partial charge is 0.333 e. The van der Waals surface area contributed by atoms with Crippen molar-refractivity contribution in [1.82, 2.24) is 0 Å². The zero-order valence-electron chi connectivity index (χ0n) is 11.5. The number of benzene rings is 1. The number of ether oxygens (including phenoxy) is 1. The molecule has 0 aromatic heterocycles. The average molecular weight is 266 g/mol. The summed E-state index contributed by atoms with van der Waals surface area (Å²) < 4.78 is 5.50. The lowest BCUT2D eigenvalue weighted by molar-refractivity contribution is -0.153. The van der Waals surface area contributed by atoms with Gasteiger partial charge in [-0.05, 0) is 30.9 Å². The molecule has 0 radical (unpaired) electrons. The number of aliphatic hydroxyl groups excluding tert-OH is 1. The minimum absolute atomic E-state index is 0.0604. The molecule has 1 aromatic carbocycles. The maximum atomic E-state index is 11.2. The maximum Gasteiger partial charge on any atom is 0.333 e. The Morgan fingerprint density at radius 2 is 1.84 bits per heavy atom. The summed E-state index contributed by atoms with van der Waals surface area (Å²) in [6.45, 7) is 3.96. The standard InChI is InChI=1S/C15H22O4/c1-3-11(2)19-14(15(17)18)10-13-6-4-12(5-7-13)8-9-16/h4-7,11,14,16H,3,8-10H2,1-2H3,(H,17,18)/t11?,14-/m0/s1. The van der Waals surface area contributed by atoms with Crippen LogP contribution in [-0.4, -0.2) is 35.0 Å². The van der Waals surface area contributed by atoms with Gasteiger partial charge >= 0.3 is 5.97 Å². The zero-order valence-corrected chi connectivity index (χ0v) is 11.5. The monoisotopic (exact) mass is 266 g/mol. The van der Waals surface area contributed by atoms with E-state index in [9.17, 15) is 4.79 Å². The van der Waals surface area contributed by atoms with Gasteiger partial charge in [0.05, 0.1) is 6.10 Å². The van der Waals surface area contributed by atoms with Gasteiger partial charge in [0.2, 0.25) is 0 Å². The van der Waals surface area contributed by atoms with Gasteiger partial charge in [0.1, 0.15) is 0 Å². The lowest BCUT2D eigenvalue weighted by atomic mass is 10.0. The van der Waals surface area contributed by atoms with Gasteiger partial charge in [-0.15, -0.1) is 0 Å².